The van der Waals surface area contributed by atoms with Gasteiger partial charge in [0, 0.05) is 18.4 Å². The number of carbonyl (C=O) groups is 1. The van der Waals surface area contributed by atoms with E-state index in [1.54, 1.807) is 31.2 Å². The zero-order chi connectivity index (χ0) is 18.0. The van der Waals surface area contributed by atoms with Gasteiger partial charge >= 0.3 is 0 Å². The molecule has 0 radical (unpaired) electrons. The smallest absolute Gasteiger partial charge is 0.255 e. The molecule has 25 heavy (non-hydrogen) atoms. The number of ether oxygens (including phenoxy) is 1. The molecule has 2 atom stereocenters. The van der Waals surface area contributed by atoms with Crippen LogP contribution in [-0.2, 0) is 5.60 Å². The maximum atomic E-state index is 12.9. The number of hydrogen-bond donors (Lipinski definition) is 1. The second-order valence-electron chi connectivity index (χ2n) is 6.72. The number of aryl methyl sites for hydroxylation is 1. The van der Waals surface area contributed by atoms with Crippen molar-refractivity contribution >= 4 is 5.91 Å². The van der Waals surface area contributed by atoms with Gasteiger partial charge in [0.2, 0.25) is 0 Å². The molecule has 1 aromatic heterocycles. The first-order valence-corrected chi connectivity index (χ1v) is 8.54. The largest absolute Gasteiger partial charge is 0.497 e. The number of pyridine rings is 1. The number of amides is 1. The zero-order valence-electron chi connectivity index (χ0n) is 14.9. The summed E-state index contributed by atoms with van der Waals surface area (Å²) in [6, 6.07) is 10.7. The Balaban J connectivity index is 1.86. The van der Waals surface area contributed by atoms with Crippen LogP contribution >= 0.6 is 0 Å². The molecular formula is C20H24N2O3. The molecule has 1 aliphatic rings. The summed E-state index contributed by atoms with van der Waals surface area (Å²) in [5, 5.41) is 11.2. The maximum Gasteiger partial charge on any atom is 0.255 e. The lowest BCUT2D eigenvalue weighted by atomic mass is 9.86. The van der Waals surface area contributed by atoms with Gasteiger partial charge in [0.1, 0.15) is 11.4 Å². The molecule has 0 aliphatic carbocycles. The van der Waals surface area contributed by atoms with Gasteiger partial charge in [0.05, 0.1) is 18.7 Å². The highest BCUT2D eigenvalue weighted by Gasteiger charge is 2.42. The minimum absolute atomic E-state index is 0.0798. The number of likely N-dealkylation sites (tertiary alicyclic amines) is 1. The fraction of sp³-hybridized carbons (Fsp3) is 0.400. The molecule has 1 fully saturated rings. The number of nitrogens with zero attached hydrogens (tertiary/aromatic N) is 2. The highest BCUT2D eigenvalue weighted by atomic mass is 16.5. The standard InChI is InChI=1S/C20H24N2O3/c1-14-6-7-15(13-21-14)19(23)22-12-4-5-18(22)20(2,24)16-8-10-17(25-3)11-9-16/h6-11,13,18,24H,4-5,12H2,1-3H3/t18-,20+/m1/s1. The van der Waals surface area contributed by atoms with Crippen LogP contribution < -0.4 is 4.74 Å². The van der Waals surface area contributed by atoms with Gasteiger partial charge in [-0.25, -0.2) is 0 Å². The number of benzene rings is 1. The van der Waals surface area contributed by atoms with Gasteiger partial charge in [-0.2, -0.15) is 0 Å². The summed E-state index contributed by atoms with van der Waals surface area (Å²) in [5.41, 5.74) is 1.08. The maximum absolute atomic E-state index is 12.9. The molecule has 1 aliphatic heterocycles. The minimum atomic E-state index is -1.13. The monoisotopic (exact) mass is 340 g/mol. The fourth-order valence-electron chi connectivity index (χ4n) is 3.48. The van der Waals surface area contributed by atoms with E-state index in [0.717, 1.165) is 29.8 Å². The lowest BCUT2D eigenvalue weighted by molar-refractivity contribution is -0.0177. The minimum Gasteiger partial charge on any atom is -0.497 e. The van der Waals surface area contributed by atoms with E-state index in [-0.39, 0.29) is 11.9 Å². The predicted molar refractivity (Wildman–Crippen MR) is 95.6 cm³/mol. The molecule has 3 rings (SSSR count). The van der Waals surface area contributed by atoms with Crippen molar-refractivity contribution in [3.05, 3.63) is 59.4 Å². The number of hydrogen-bond acceptors (Lipinski definition) is 4. The Bertz CT molecular complexity index is 739. The average Bonchev–Trinajstić information content (AvgIpc) is 3.12. The number of rotatable bonds is 4. The van der Waals surface area contributed by atoms with Gasteiger partial charge in [0.15, 0.2) is 0 Å². The van der Waals surface area contributed by atoms with Crippen molar-refractivity contribution in [2.75, 3.05) is 13.7 Å². The molecule has 1 amide bonds. The van der Waals surface area contributed by atoms with E-state index >= 15 is 0 Å². The lowest BCUT2D eigenvalue weighted by Gasteiger charge is -2.37. The van der Waals surface area contributed by atoms with Crippen LogP contribution in [0.3, 0.4) is 0 Å². The van der Waals surface area contributed by atoms with Gasteiger partial charge in [-0.15, -0.1) is 0 Å². The van der Waals surface area contributed by atoms with Crippen molar-refractivity contribution in [2.24, 2.45) is 0 Å². The Kier molecular flexibility index (Phi) is 4.77. The molecule has 1 saturated heterocycles. The van der Waals surface area contributed by atoms with Crippen LogP contribution in [0.1, 0.15) is 41.4 Å². The van der Waals surface area contributed by atoms with Crippen molar-refractivity contribution in [1.82, 2.24) is 9.88 Å². The SMILES string of the molecule is COc1ccc([C@](C)(O)[C@H]2CCCN2C(=O)c2ccc(C)nc2)cc1. The Morgan fingerprint density at radius 3 is 2.60 bits per heavy atom. The Morgan fingerprint density at radius 1 is 1.28 bits per heavy atom. The van der Waals surface area contributed by atoms with Crippen molar-refractivity contribution in [3.8, 4) is 5.75 Å². The van der Waals surface area contributed by atoms with E-state index in [2.05, 4.69) is 4.98 Å². The van der Waals surface area contributed by atoms with Crippen LogP contribution in [0.25, 0.3) is 0 Å². The van der Waals surface area contributed by atoms with Crippen molar-refractivity contribution < 1.29 is 14.6 Å². The summed E-state index contributed by atoms with van der Waals surface area (Å²) < 4.78 is 5.18. The van der Waals surface area contributed by atoms with Crippen molar-refractivity contribution in [2.45, 2.75) is 38.3 Å². The summed E-state index contributed by atoms with van der Waals surface area (Å²) in [6.07, 6.45) is 3.25. The molecule has 5 nitrogen and oxygen atoms in total. The molecule has 0 saturated carbocycles. The van der Waals surface area contributed by atoms with Crippen LogP contribution in [0.4, 0.5) is 0 Å². The predicted octanol–water partition coefficient (Wildman–Crippen LogP) is 2.91. The van der Waals surface area contributed by atoms with E-state index < -0.39 is 5.60 Å². The summed E-state index contributed by atoms with van der Waals surface area (Å²) in [6.45, 7) is 4.31. The molecule has 2 aromatic rings. The lowest BCUT2D eigenvalue weighted by Crippen LogP contribution is -2.48. The van der Waals surface area contributed by atoms with Crippen LogP contribution in [0, 0.1) is 6.92 Å². The molecule has 0 spiro atoms. The first-order chi connectivity index (χ1) is 11.9. The normalized spacial score (nSPS) is 19.5. The molecule has 0 bridgehead atoms. The third-order valence-electron chi connectivity index (χ3n) is 5.00. The van der Waals surface area contributed by atoms with Crippen LogP contribution in [0.2, 0.25) is 0 Å². The first-order valence-electron chi connectivity index (χ1n) is 8.54. The summed E-state index contributed by atoms with van der Waals surface area (Å²) >= 11 is 0. The first kappa shape index (κ1) is 17.4. The number of methoxy groups -OCH3 is 1. The van der Waals surface area contributed by atoms with Crippen molar-refractivity contribution in [1.29, 1.82) is 0 Å². The van der Waals surface area contributed by atoms with E-state index in [9.17, 15) is 9.90 Å². The number of carbonyl (C=O) groups excluding carboxylic acids is 1. The molecule has 0 unspecified atom stereocenters. The third kappa shape index (κ3) is 3.37. The summed E-state index contributed by atoms with van der Waals surface area (Å²) in [5.74, 6) is 0.661. The van der Waals surface area contributed by atoms with E-state index in [0.29, 0.717) is 12.1 Å². The molecule has 5 heteroatoms. The molecule has 2 heterocycles. The summed E-state index contributed by atoms with van der Waals surface area (Å²) in [4.78, 5) is 18.9. The average molecular weight is 340 g/mol. The van der Waals surface area contributed by atoms with Crippen LogP contribution in [0.5, 0.6) is 5.75 Å². The van der Waals surface area contributed by atoms with Gasteiger partial charge < -0.3 is 14.7 Å². The Morgan fingerprint density at radius 2 is 2.00 bits per heavy atom. The highest BCUT2D eigenvalue weighted by molar-refractivity contribution is 5.94. The van der Waals surface area contributed by atoms with Crippen LogP contribution in [0.15, 0.2) is 42.6 Å². The number of aliphatic hydroxyl groups is 1. The summed E-state index contributed by atoms with van der Waals surface area (Å²) in [7, 11) is 1.61. The highest BCUT2D eigenvalue weighted by Crippen LogP contribution is 2.36. The van der Waals surface area contributed by atoms with Crippen molar-refractivity contribution in [3.63, 3.8) is 0 Å². The topological polar surface area (TPSA) is 62.7 Å². The van der Waals surface area contributed by atoms with E-state index in [1.165, 1.54) is 0 Å². The molecule has 132 valence electrons. The van der Waals surface area contributed by atoms with Gasteiger partial charge in [-0.05, 0) is 56.5 Å². The van der Waals surface area contributed by atoms with Crippen LogP contribution in [-0.4, -0.2) is 40.6 Å². The third-order valence-corrected chi connectivity index (χ3v) is 5.00. The number of aromatic nitrogens is 1. The zero-order valence-corrected chi connectivity index (χ0v) is 14.9. The van der Waals surface area contributed by atoms with Gasteiger partial charge in [-0.3, -0.25) is 9.78 Å². The molecular weight excluding hydrogens is 316 g/mol. The molecule has 1 aromatic carbocycles. The van der Waals surface area contributed by atoms with E-state index in [4.69, 9.17) is 4.74 Å². The van der Waals surface area contributed by atoms with Gasteiger partial charge in [0.25, 0.3) is 5.91 Å². The second-order valence-corrected chi connectivity index (χ2v) is 6.72. The second kappa shape index (κ2) is 6.84. The Hall–Kier alpha value is -2.40. The fourth-order valence-corrected chi connectivity index (χ4v) is 3.48. The van der Waals surface area contributed by atoms with Gasteiger partial charge in [-0.1, -0.05) is 12.1 Å². The van der Waals surface area contributed by atoms with E-state index in [1.807, 2.05) is 37.3 Å². The quantitative estimate of drug-likeness (QED) is 0.929. The Labute approximate surface area is 148 Å². The molecule has 1 N–H and O–H groups in total.